The van der Waals surface area contributed by atoms with Crippen LogP contribution in [0, 0.1) is 5.92 Å². The van der Waals surface area contributed by atoms with Crippen molar-refractivity contribution in [2.75, 3.05) is 32.8 Å². The Balaban J connectivity index is 1.67. The Morgan fingerprint density at radius 2 is 2.15 bits per heavy atom. The summed E-state index contributed by atoms with van der Waals surface area (Å²) in [6.07, 6.45) is 5.79. The first-order valence-corrected chi connectivity index (χ1v) is 7.95. The maximum absolute atomic E-state index is 6.02. The number of ether oxygens (including phenoxy) is 2. The number of hydrogen-bond acceptors (Lipinski definition) is 3. The largest absolute Gasteiger partial charge is 0.376 e. The van der Waals surface area contributed by atoms with Crippen molar-refractivity contribution in [2.45, 2.75) is 51.7 Å². The minimum absolute atomic E-state index is 0.233. The first-order chi connectivity index (χ1) is 9.66. The van der Waals surface area contributed by atoms with E-state index in [0.29, 0.717) is 31.1 Å². The standard InChI is InChI=1S/C15H29N3O2/c1-12-5-3-4-6-14(12)20-9-7-17-15(16)18-8-10-19-13(2)11-18/h12-14H,3-11H2,1-2H3,(H2,16,17). The van der Waals surface area contributed by atoms with Gasteiger partial charge in [0.15, 0.2) is 5.96 Å². The third-order valence-corrected chi connectivity index (χ3v) is 4.29. The van der Waals surface area contributed by atoms with Crippen molar-refractivity contribution in [2.24, 2.45) is 16.6 Å². The molecule has 2 rings (SSSR count). The molecule has 0 spiro atoms. The van der Waals surface area contributed by atoms with Gasteiger partial charge < -0.3 is 20.1 Å². The molecular formula is C15H29N3O2. The second kappa shape index (κ2) is 7.84. The fraction of sp³-hybridized carbons (Fsp3) is 0.933. The van der Waals surface area contributed by atoms with E-state index in [1.807, 2.05) is 0 Å². The predicted octanol–water partition coefficient (Wildman–Crippen LogP) is 1.62. The quantitative estimate of drug-likeness (QED) is 0.484. The summed E-state index contributed by atoms with van der Waals surface area (Å²) in [6, 6.07) is 0. The number of morpholine rings is 1. The molecule has 1 saturated carbocycles. The highest BCUT2D eigenvalue weighted by Gasteiger charge is 2.21. The lowest BCUT2D eigenvalue weighted by atomic mass is 9.88. The molecule has 0 radical (unpaired) electrons. The van der Waals surface area contributed by atoms with Crippen LogP contribution in [0.4, 0.5) is 0 Å². The van der Waals surface area contributed by atoms with Crippen LogP contribution in [0.1, 0.15) is 39.5 Å². The van der Waals surface area contributed by atoms with Gasteiger partial charge in [0.05, 0.1) is 32.0 Å². The Bertz CT molecular complexity index is 322. The Morgan fingerprint density at radius 3 is 2.90 bits per heavy atom. The first kappa shape index (κ1) is 15.6. The van der Waals surface area contributed by atoms with Gasteiger partial charge in [0, 0.05) is 13.1 Å². The van der Waals surface area contributed by atoms with E-state index in [2.05, 4.69) is 23.7 Å². The summed E-state index contributed by atoms with van der Waals surface area (Å²) >= 11 is 0. The van der Waals surface area contributed by atoms with E-state index in [-0.39, 0.29) is 6.10 Å². The molecular weight excluding hydrogens is 254 g/mol. The van der Waals surface area contributed by atoms with Crippen molar-refractivity contribution in [3.05, 3.63) is 0 Å². The van der Waals surface area contributed by atoms with E-state index in [0.717, 1.165) is 19.7 Å². The Labute approximate surface area is 122 Å². The van der Waals surface area contributed by atoms with Crippen molar-refractivity contribution in [3.8, 4) is 0 Å². The van der Waals surface area contributed by atoms with Gasteiger partial charge in [-0.1, -0.05) is 19.8 Å². The van der Waals surface area contributed by atoms with Crippen LogP contribution in [0.2, 0.25) is 0 Å². The van der Waals surface area contributed by atoms with E-state index < -0.39 is 0 Å². The van der Waals surface area contributed by atoms with Gasteiger partial charge >= 0.3 is 0 Å². The molecule has 1 saturated heterocycles. The average Bonchev–Trinajstić information content (AvgIpc) is 2.45. The smallest absolute Gasteiger partial charge is 0.191 e. The summed E-state index contributed by atoms with van der Waals surface area (Å²) in [7, 11) is 0. The number of nitrogens with two attached hydrogens (primary N) is 1. The highest BCUT2D eigenvalue weighted by Crippen LogP contribution is 2.26. The van der Waals surface area contributed by atoms with E-state index in [4.69, 9.17) is 15.2 Å². The number of aliphatic imine (C=N–C) groups is 1. The van der Waals surface area contributed by atoms with Gasteiger partial charge in [-0.15, -0.1) is 0 Å². The van der Waals surface area contributed by atoms with Gasteiger partial charge in [0.25, 0.3) is 0 Å². The molecule has 0 amide bonds. The van der Waals surface area contributed by atoms with Crippen LogP contribution < -0.4 is 5.73 Å². The summed E-state index contributed by atoms with van der Waals surface area (Å²) in [6.45, 7) is 8.07. The van der Waals surface area contributed by atoms with Gasteiger partial charge in [-0.3, -0.25) is 4.99 Å². The van der Waals surface area contributed by atoms with Gasteiger partial charge in [-0.2, -0.15) is 0 Å². The van der Waals surface area contributed by atoms with Gasteiger partial charge in [-0.25, -0.2) is 0 Å². The van der Waals surface area contributed by atoms with Crippen molar-refractivity contribution < 1.29 is 9.47 Å². The minimum Gasteiger partial charge on any atom is -0.376 e. The lowest BCUT2D eigenvalue weighted by Crippen LogP contribution is -2.48. The zero-order valence-electron chi connectivity index (χ0n) is 12.9. The summed E-state index contributed by atoms with van der Waals surface area (Å²) in [4.78, 5) is 6.53. The van der Waals surface area contributed by atoms with Gasteiger partial charge in [-0.05, 0) is 25.7 Å². The van der Waals surface area contributed by atoms with Crippen LogP contribution in [-0.2, 0) is 9.47 Å². The van der Waals surface area contributed by atoms with Crippen molar-refractivity contribution in [1.82, 2.24) is 4.90 Å². The SMILES string of the molecule is CC1CN(C(N)=NCCOC2CCCCC2C)CCO1. The summed E-state index contributed by atoms with van der Waals surface area (Å²) in [5.74, 6) is 1.31. The number of rotatable bonds is 4. The number of nitrogens with zero attached hydrogens (tertiary/aromatic N) is 2. The molecule has 2 fully saturated rings. The molecule has 2 aliphatic rings. The average molecular weight is 283 g/mol. The molecule has 1 aliphatic heterocycles. The van der Waals surface area contributed by atoms with E-state index in [1.165, 1.54) is 25.7 Å². The molecule has 0 aromatic heterocycles. The van der Waals surface area contributed by atoms with Crippen molar-refractivity contribution >= 4 is 5.96 Å². The highest BCUT2D eigenvalue weighted by atomic mass is 16.5. The Kier molecular flexibility index (Phi) is 6.10. The van der Waals surface area contributed by atoms with E-state index >= 15 is 0 Å². The molecule has 3 atom stereocenters. The Morgan fingerprint density at radius 1 is 1.35 bits per heavy atom. The molecule has 5 heteroatoms. The summed E-state index contributed by atoms with van der Waals surface area (Å²) < 4.78 is 11.4. The second-order valence-corrected chi connectivity index (χ2v) is 6.04. The van der Waals surface area contributed by atoms with Crippen LogP contribution in [0.5, 0.6) is 0 Å². The van der Waals surface area contributed by atoms with E-state index in [1.54, 1.807) is 0 Å². The Hall–Kier alpha value is -0.810. The van der Waals surface area contributed by atoms with Crippen molar-refractivity contribution in [1.29, 1.82) is 0 Å². The lowest BCUT2D eigenvalue weighted by Gasteiger charge is -2.32. The summed E-state index contributed by atoms with van der Waals surface area (Å²) in [5.41, 5.74) is 6.02. The molecule has 0 bridgehead atoms. The number of hydrogen-bond donors (Lipinski definition) is 1. The molecule has 116 valence electrons. The zero-order valence-corrected chi connectivity index (χ0v) is 12.9. The normalized spacial score (nSPS) is 32.4. The molecule has 0 aromatic carbocycles. The molecule has 1 heterocycles. The lowest BCUT2D eigenvalue weighted by molar-refractivity contribution is -0.00158. The molecule has 2 N–H and O–H groups in total. The minimum atomic E-state index is 0.233. The second-order valence-electron chi connectivity index (χ2n) is 6.04. The van der Waals surface area contributed by atoms with Crippen molar-refractivity contribution in [3.63, 3.8) is 0 Å². The third kappa shape index (κ3) is 4.63. The van der Waals surface area contributed by atoms with Crippen LogP contribution in [0.15, 0.2) is 4.99 Å². The third-order valence-electron chi connectivity index (χ3n) is 4.29. The molecule has 20 heavy (non-hydrogen) atoms. The fourth-order valence-corrected chi connectivity index (χ4v) is 3.02. The van der Waals surface area contributed by atoms with Crippen LogP contribution in [-0.4, -0.2) is 55.9 Å². The van der Waals surface area contributed by atoms with E-state index in [9.17, 15) is 0 Å². The predicted molar refractivity (Wildman–Crippen MR) is 80.8 cm³/mol. The summed E-state index contributed by atoms with van der Waals surface area (Å²) in [5, 5.41) is 0. The topological polar surface area (TPSA) is 60.1 Å². The highest BCUT2D eigenvalue weighted by molar-refractivity contribution is 5.78. The van der Waals surface area contributed by atoms with Crippen LogP contribution in [0.3, 0.4) is 0 Å². The van der Waals surface area contributed by atoms with Gasteiger partial charge in [0.1, 0.15) is 0 Å². The first-order valence-electron chi connectivity index (χ1n) is 7.95. The maximum atomic E-state index is 6.02. The monoisotopic (exact) mass is 283 g/mol. The maximum Gasteiger partial charge on any atom is 0.191 e. The molecule has 1 aliphatic carbocycles. The zero-order chi connectivity index (χ0) is 14.4. The number of guanidine groups is 1. The van der Waals surface area contributed by atoms with Crippen LogP contribution in [0.25, 0.3) is 0 Å². The molecule has 3 unspecified atom stereocenters. The molecule has 0 aromatic rings. The fourth-order valence-electron chi connectivity index (χ4n) is 3.02. The van der Waals surface area contributed by atoms with Crippen LogP contribution >= 0.6 is 0 Å². The van der Waals surface area contributed by atoms with Gasteiger partial charge in [0.2, 0.25) is 0 Å². The molecule has 5 nitrogen and oxygen atoms in total.